The summed E-state index contributed by atoms with van der Waals surface area (Å²) >= 11 is 6.08. The van der Waals surface area contributed by atoms with Gasteiger partial charge in [0.15, 0.2) is 0 Å². The number of amides is 1. The van der Waals surface area contributed by atoms with Crippen LogP contribution in [0.5, 0.6) is 5.75 Å². The molecule has 1 N–H and O–H groups in total. The highest BCUT2D eigenvalue weighted by molar-refractivity contribution is 6.30. The van der Waals surface area contributed by atoms with E-state index in [0.717, 1.165) is 11.6 Å². The maximum Gasteiger partial charge on any atom is 0.321 e. The van der Waals surface area contributed by atoms with Crippen molar-refractivity contribution in [3.8, 4) is 11.4 Å². The third-order valence-corrected chi connectivity index (χ3v) is 6.29. The number of rotatable bonds is 8. The first-order chi connectivity index (χ1) is 17.8. The van der Waals surface area contributed by atoms with Crippen LogP contribution in [0.4, 0.5) is 13.2 Å². The molecule has 0 radical (unpaired) electrons. The van der Waals surface area contributed by atoms with Crippen LogP contribution in [0.25, 0.3) is 16.6 Å². The van der Waals surface area contributed by atoms with Crippen LogP contribution < -0.4 is 15.6 Å². The van der Waals surface area contributed by atoms with Crippen LogP contribution in [0, 0.1) is 11.7 Å². The summed E-state index contributed by atoms with van der Waals surface area (Å²) in [5.41, 5.74) is 1.51. The molecule has 0 spiro atoms. The fraction of sp³-hybridized carbons (Fsp3) is 0.296. The molecule has 0 bridgehead atoms. The highest BCUT2D eigenvalue weighted by Gasteiger charge is 2.38. The number of alkyl halides is 2. The number of aromatic nitrogens is 3. The summed E-state index contributed by atoms with van der Waals surface area (Å²) in [5, 5.41) is 7.56. The van der Waals surface area contributed by atoms with E-state index in [-0.39, 0.29) is 22.1 Å². The maximum absolute atomic E-state index is 14.3. The minimum Gasteiger partial charge on any atom is -0.484 e. The van der Waals surface area contributed by atoms with E-state index in [9.17, 15) is 22.8 Å². The Bertz CT molecular complexity index is 1520. The van der Waals surface area contributed by atoms with Gasteiger partial charge in [0.1, 0.15) is 17.7 Å². The Morgan fingerprint density at radius 3 is 2.50 bits per heavy atom. The number of carbonyl (C=O) groups excluding carboxylic acids is 1. The van der Waals surface area contributed by atoms with Gasteiger partial charge in [-0.1, -0.05) is 25.4 Å². The SMILES string of the molecule is CC(C)[C@H](NC(=O)C(C)(F)F)[C@H](Oc1ccc2c(cnn2-c2ccc(=O)n(C)c2)c1)c1cc(F)cc(Cl)c1. The quantitative estimate of drug-likeness (QED) is 0.319. The van der Waals surface area contributed by atoms with E-state index in [2.05, 4.69) is 10.4 Å². The van der Waals surface area contributed by atoms with Crippen molar-refractivity contribution in [1.29, 1.82) is 0 Å². The first-order valence-corrected chi connectivity index (χ1v) is 12.2. The van der Waals surface area contributed by atoms with E-state index in [1.54, 1.807) is 62.2 Å². The summed E-state index contributed by atoms with van der Waals surface area (Å²) in [7, 11) is 1.64. The van der Waals surface area contributed by atoms with Crippen molar-refractivity contribution in [2.24, 2.45) is 13.0 Å². The van der Waals surface area contributed by atoms with Gasteiger partial charge in [0.05, 0.1) is 23.4 Å². The average Bonchev–Trinajstić information content (AvgIpc) is 3.24. The number of hydrogen-bond donors (Lipinski definition) is 1. The van der Waals surface area contributed by atoms with Gasteiger partial charge in [-0.3, -0.25) is 9.59 Å². The number of nitrogens with one attached hydrogen (secondary N) is 1. The van der Waals surface area contributed by atoms with Gasteiger partial charge in [-0.2, -0.15) is 13.9 Å². The third-order valence-electron chi connectivity index (χ3n) is 6.07. The first-order valence-electron chi connectivity index (χ1n) is 11.8. The zero-order valence-corrected chi connectivity index (χ0v) is 21.8. The molecular weight excluding hydrogens is 521 g/mol. The Morgan fingerprint density at radius 1 is 1.13 bits per heavy atom. The van der Waals surface area contributed by atoms with Gasteiger partial charge < -0.3 is 14.6 Å². The predicted molar refractivity (Wildman–Crippen MR) is 138 cm³/mol. The summed E-state index contributed by atoms with van der Waals surface area (Å²) in [6, 6.07) is 11.0. The molecule has 0 aliphatic rings. The Hall–Kier alpha value is -3.79. The predicted octanol–water partition coefficient (Wildman–Crippen LogP) is 5.43. The number of benzene rings is 2. The molecule has 4 aromatic rings. The molecular formula is C27H26ClF3N4O3. The normalized spacial score (nSPS) is 13.5. The lowest BCUT2D eigenvalue weighted by atomic mass is 9.92. The smallest absolute Gasteiger partial charge is 0.321 e. The summed E-state index contributed by atoms with van der Waals surface area (Å²) < 4.78 is 51.1. The van der Waals surface area contributed by atoms with Crippen LogP contribution in [0.2, 0.25) is 5.02 Å². The zero-order chi connectivity index (χ0) is 27.8. The number of carbonyl (C=O) groups is 1. The van der Waals surface area contributed by atoms with E-state index >= 15 is 0 Å². The molecule has 38 heavy (non-hydrogen) atoms. The number of nitrogens with zero attached hydrogens (tertiary/aromatic N) is 3. The van der Waals surface area contributed by atoms with Crippen molar-refractivity contribution in [1.82, 2.24) is 19.7 Å². The van der Waals surface area contributed by atoms with Gasteiger partial charge in [-0.05, 0) is 53.9 Å². The molecule has 2 aromatic carbocycles. The molecule has 7 nitrogen and oxygen atoms in total. The first kappa shape index (κ1) is 27.3. The molecule has 2 heterocycles. The molecule has 11 heteroatoms. The van der Waals surface area contributed by atoms with Crippen LogP contribution in [-0.2, 0) is 11.8 Å². The number of halogens is 4. The van der Waals surface area contributed by atoms with Gasteiger partial charge in [-0.15, -0.1) is 0 Å². The van der Waals surface area contributed by atoms with Gasteiger partial charge >= 0.3 is 5.92 Å². The lowest BCUT2D eigenvalue weighted by Crippen LogP contribution is -2.49. The van der Waals surface area contributed by atoms with Crippen molar-refractivity contribution in [2.75, 3.05) is 0 Å². The molecule has 2 atom stereocenters. The molecule has 200 valence electrons. The van der Waals surface area contributed by atoms with Gasteiger partial charge in [0.25, 0.3) is 5.91 Å². The average molecular weight is 547 g/mol. The monoisotopic (exact) mass is 546 g/mol. The highest BCUT2D eigenvalue weighted by Crippen LogP contribution is 2.33. The zero-order valence-electron chi connectivity index (χ0n) is 21.1. The topological polar surface area (TPSA) is 78.2 Å². The lowest BCUT2D eigenvalue weighted by molar-refractivity contribution is -0.145. The van der Waals surface area contributed by atoms with Crippen molar-refractivity contribution in [3.63, 3.8) is 0 Å². The Labute approximate surface area is 221 Å². The molecule has 2 aromatic heterocycles. The van der Waals surface area contributed by atoms with Crippen LogP contribution >= 0.6 is 11.6 Å². The molecule has 0 fully saturated rings. The molecule has 1 amide bonds. The fourth-order valence-corrected chi connectivity index (χ4v) is 4.33. The number of hydrogen-bond acceptors (Lipinski definition) is 4. The highest BCUT2D eigenvalue weighted by atomic mass is 35.5. The molecule has 0 saturated heterocycles. The third kappa shape index (κ3) is 5.85. The standard InChI is InChI=1S/C27H26ClF3N4O3/c1-15(2)24(33-26(37)27(3,30)31)25(16-9-18(28)12-19(29)10-16)38-21-6-7-22-17(11-21)13-32-35(22)20-5-8-23(36)34(4)14-20/h5-15,24-25H,1-4H3,(H,33,37)/t24-,25+/m0/s1. The number of fused-ring (bicyclic) bond motifs is 1. The second-order valence-corrected chi connectivity index (χ2v) is 9.92. The Kier molecular flexibility index (Phi) is 7.55. The van der Waals surface area contributed by atoms with Gasteiger partial charge in [-0.25, -0.2) is 9.07 Å². The van der Waals surface area contributed by atoms with Crippen molar-refractivity contribution < 1.29 is 22.7 Å². The summed E-state index contributed by atoms with van der Waals surface area (Å²) in [6.07, 6.45) is 2.22. The minimum absolute atomic E-state index is 0.0947. The Morgan fingerprint density at radius 2 is 1.87 bits per heavy atom. The molecule has 0 aliphatic carbocycles. The van der Waals surface area contributed by atoms with E-state index in [0.29, 0.717) is 23.7 Å². The number of pyridine rings is 1. The van der Waals surface area contributed by atoms with Crippen molar-refractivity contribution in [2.45, 2.75) is 38.8 Å². The molecule has 0 unspecified atom stereocenters. The second-order valence-electron chi connectivity index (χ2n) is 9.49. The second kappa shape index (κ2) is 10.5. The Balaban J connectivity index is 1.74. The van der Waals surface area contributed by atoms with Crippen LogP contribution in [0.3, 0.4) is 0 Å². The minimum atomic E-state index is -3.62. The van der Waals surface area contributed by atoms with E-state index in [1.165, 1.54) is 22.8 Å². The van der Waals surface area contributed by atoms with Crippen LogP contribution in [0.1, 0.15) is 32.4 Å². The van der Waals surface area contributed by atoms with Crippen molar-refractivity contribution >= 4 is 28.4 Å². The summed E-state index contributed by atoms with van der Waals surface area (Å²) in [4.78, 5) is 24.0. The molecule has 4 rings (SSSR count). The van der Waals surface area contributed by atoms with Gasteiger partial charge in [0.2, 0.25) is 5.56 Å². The summed E-state index contributed by atoms with van der Waals surface area (Å²) in [6.45, 7) is 3.97. The summed E-state index contributed by atoms with van der Waals surface area (Å²) in [5.74, 6) is -5.76. The maximum atomic E-state index is 14.3. The fourth-order valence-electron chi connectivity index (χ4n) is 4.10. The van der Waals surface area contributed by atoms with E-state index < -0.39 is 29.8 Å². The lowest BCUT2D eigenvalue weighted by Gasteiger charge is -2.32. The van der Waals surface area contributed by atoms with Crippen LogP contribution in [0.15, 0.2) is 65.7 Å². The number of aryl methyl sites for hydroxylation is 1. The molecule has 0 aliphatic heterocycles. The van der Waals surface area contributed by atoms with E-state index in [4.69, 9.17) is 16.3 Å². The van der Waals surface area contributed by atoms with Crippen LogP contribution in [-0.4, -0.2) is 32.2 Å². The molecule has 0 saturated carbocycles. The van der Waals surface area contributed by atoms with E-state index in [1.807, 2.05) is 0 Å². The van der Waals surface area contributed by atoms with Gasteiger partial charge in [0, 0.05) is 36.6 Å². The largest absolute Gasteiger partial charge is 0.484 e. The van der Waals surface area contributed by atoms with Crippen molar-refractivity contribution in [3.05, 3.63) is 87.7 Å². The number of ether oxygens (including phenoxy) is 1.